The molecule has 2 aliphatic rings. The first-order valence-corrected chi connectivity index (χ1v) is 12.4. The number of piperidine rings is 1. The molecule has 2 aliphatic heterocycles. The number of methoxy groups -OCH3 is 1. The van der Waals surface area contributed by atoms with Crippen molar-refractivity contribution in [3.05, 3.63) is 53.7 Å². The average molecular weight is 493 g/mol. The van der Waals surface area contributed by atoms with Gasteiger partial charge in [0.05, 0.1) is 26.0 Å². The van der Waals surface area contributed by atoms with E-state index >= 15 is 0 Å². The third-order valence-corrected chi connectivity index (χ3v) is 7.50. The molecule has 3 aromatic rings. The molecule has 0 saturated carbocycles. The minimum absolute atomic E-state index is 0.136. The number of aromatic amines is 1. The second kappa shape index (κ2) is 9.77. The van der Waals surface area contributed by atoms with Crippen LogP contribution in [0.5, 0.6) is 5.75 Å². The molecule has 3 amide bonds. The minimum atomic E-state index is -0.486. The number of fused-ring (bicyclic) bond motifs is 4. The molecule has 3 N–H and O–H groups in total. The number of H-pyrrole nitrogens is 1. The number of aromatic nitrogens is 3. The number of hydrogen-bond acceptors (Lipinski definition) is 6. The van der Waals surface area contributed by atoms with Crippen LogP contribution < -0.4 is 10.1 Å². The maximum absolute atomic E-state index is 13.2. The molecular weight excluding hydrogens is 460 g/mol. The summed E-state index contributed by atoms with van der Waals surface area (Å²) in [6.07, 6.45) is 6.75. The zero-order valence-corrected chi connectivity index (χ0v) is 20.7. The Bertz CT molecular complexity index is 1250. The van der Waals surface area contributed by atoms with Crippen molar-refractivity contribution in [2.75, 3.05) is 39.9 Å². The van der Waals surface area contributed by atoms with E-state index in [1.807, 2.05) is 30.0 Å². The fourth-order valence-electron chi connectivity index (χ4n) is 5.67. The van der Waals surface area contributed by atoms with Crippen molar-refractivity contribution in [3.63, 3.8) is 0 Å². The van der Waals surface area contributed by atoms with Crippen molar-refractivity contribution in [2.24, 2.45) is 0 Å². The van der Waals surface area contributed by atoms with Crippen LogP contribution in [0.25, 0.3) is 10.9 Å². The summed E-state index contributed by atoms with van der Waals surface area (Å²) in [6.45, 7) is 3.92. The lowest BCUT2D eigenvalue weighted by atomic mass is 9.68. The lowest BCUT2D eigenvalue weighted by molar-refractivity contribution is 0.0523. The van der Waals surface area contributed by atoms with Gasteiger partial charge >= 0.3 is 6.03 Å². The monoisotopic (exact) mass is 492 g/mol. The highest BCUT2D eigenvalue weighted by Gasteiger charge is 2.49. The number of amides is 3. The molecule has 1 fully saturated rings. The van der Waals surface area contributed by atoms with Crippen LogP contribution in [0.4, 0.5) is 4.79 Å². The van der Waals surface area contributed by atoms with Crippen molar-refractivity contribution >= 4 is 22.8 Å². The summed E-state index contributed by atoms with van der Waals surface area (Å²) >= 11 is 0. The summed E-state index contributed by atoms with van der Waals surface area (Å²) in [4.78, 5) is 41.5. The number of aliphatic hydroxyl groups is 1. The topological polar surface area (TPSA) is 124 Å². The fourth-order valence-corrected chi connectivity index (χ4v) is 5.67. The Hall–Kier alpha value is -3.66. The predicted octanol–water partition coefficient (Wildman–Crippen LogP) is 2.61. The molecule has 0 unspecified atom stereocenters. The number of urea groups is 1. The number of ether oxygens (including phenoxy) is 1. The van der Waals surface area contributed by atoms with Crippen molar-refractivity contribution in [1.29, 1.82) is 0 Å². The van der Waals surface area contributed by atoms with Gasteiger partial charge in [0.2, 0.25) is 0 Å². The Morgan fingerprint density at radius 2 is 2.08 bits per heavy atom. The minimum Gasteiger partial charge on any atom is -0.497 e. The summed E-state index contributed by atoms with van der Waals surface area (Å²) < 4.78 is 5.43. The molecule has 2 aromatic heterocycles. The van der Waals surface area contributed by atoms with Gasteiger partial charge in [0.15, 0.2) is 0 Å². The van der Waals surface area contributed by atoms with Gasteiger partial charge in [-0.15, -0.1) is 0 Å². The Labute approximate surface area is 209 Å². The van der Waals surface area contributed by atoms with E-state index in [9.17, 15) is 14.7 Å². The second-order valence-corrected chi connectivity index (χ2v) is 9.55. The number of carbonyl (C=O) groups excluding carboxylic acids is 2. The summed E-state index contributed by atoms with van der Waals surface area (Å²) in [6, 6.07) is 5.26. The van der Waals surface area contributed by atoms with Crippen LogP contribution in [0.2, 0.25) is 0 Å². The van der Waals surface area contributed by atoms with E-state index in [0.29, 0.717) is 44.7 Å². The van der Waals surface area contributed by atoms with Crippen LogP contribution in [0, 0.1) is 0 Å². The number of aliphatic hydroxyl groups excluding tert-OH is 1. The molecule has 1 spiro atoms. The second-order valence-electron chi connectivity index (χ2n) is 9.55. The van der Waals surface area contributed by atoms with Crippen LogP contribution in [0.3, 0.4) is 0 Å². The van der Waals surface area contributed by atoms with E-state index < -0.39 is 6.04 Å². The molecule has 190 valence electrons. The van der Waals surface area contributed by atoms with Crippen LogP contribution >= 0.6 is 0 Å². The Morgan fingerprint density at radius 1 is 1.28 bits per heavy atom. The van der Waals surface area contributed by atoms with Gasteiger partial charge in [0.1, 0.15) is 11.4 Å². The Balaban J connectivity index is 1.54. The first kappa shape index (κ1) is 24.1. The summed E-state index contributed by atoms with van der Waals surface area (Å²) in [7, 11) is 1.63. The number of hydrogen-bond donors (Lipinski definition) is 3. The standard InChI is InChI=1S/C26H32N6O4/c1-3-8-29-25(35)32-16-26(6-11-31(12-7-26)24(34)20-14-27-9-10-28-20)22-18-5-4-17(36-2)13-19(18)30-23(22)21(32)15-33/h4-5,9-10,13-14,21,30,33H,3,6-8,11-12,15-16H2,1-2H3,(H,29,35)/t21-/m0/s1. The smallest absolute Gasteiger partial charge is 0.318 e. The zero-order chi connectivity index (χ0) is 25.3. The van der Waals surface area contributed by atoms with Crippen LogP contribution in [0.15, 0.2) is 36.8 Å². The molecule has 5 rings (SSSR count). The Morgan fingerprint density at radius 3 is 2.75 bits per heavy atom. The number of likely N-dealkylation sites (tertiary alicyclic amines) is 1. The van der Waals surface area contributed by atoms with Crippen molar-refractivity contribution in [2.45, 2.75) is 37.6 Å². The van der Waals surface area contributed by atoms with Gasteiger partial charge in [0.25, 0.3) is 5.91 Å². The highest BCUT2D eigenvalue weighted by molar-refractivity contribution is 5.92. The normalized spacial score (nSPS) is 18.8. The van der Waals surface area contributed by atoms with Crippen molar-refractivity contribution in [3.8, 4) is 5.75 Å². The third-order valence-electron chi connectivity index (χ3n) is 7.50. The molecule has 1 saturated heterocycles. The van der Waals surface area contributed by atoms with E-state index in [1.165, 1.54) is 12.4 Å². The quantitative estimate of drug-likeness (QED) is 0.503. The van der Waals surface area contributed by atoms with Gasteiger partial charge in [-0.05, 0) is 37.0 Å². The maximum Gasteiger partial charge on any atom is 0.318 e. The third kappa shape index (κ3) is 4.05. The first-order valence-electron chi connectivity index (χ1n) is 12.4. The molecule has 0 radical (unpaired) electrons. The van der Waals surface area contributed by atoms with E-state index in [-0.39, 0.29) is 24.0 Å². The van der Waals surface area contributed by atoms with Gasteiger partial charge in [-0.25, -0.2) is 9.78 Å². The van der Waals surface area contributed by atoms with E-state index in [1.54, 1.807) is 18.2 Å². The van der Waals surface area contributed by atoms with Gasteiger partial charge in [-0.2, -0.15) is 0 Å². The Kier molecular flexibility index (Phi) is 6.53. The number of carbonyl (C=O) groups is 2. The van der Waals surface area contributed by atoms with E-state index in [4.69, 9.17) is 4.74 Å². The largest absolute Gasteiger partial charge is 0.497 e. The lowest BCUT2D eigenvalue weighted by Gasteiger charge is -2.50. The van der Waals surface area contributed by atoms with E-state index in [0.717, 1.165) is 34.3 Å². The number of nitrogens with zero attached hydrogens (tertiary/aromatic N) is 4. The first-order chi connectivity index (χ1) is 17.5. The molecule has 1 aromatic carbocycles. The molecule has 10 nitrogen and oxygen atoms in total. The highest BCUT2D eigenvalue weighted by atomic mass is 16.5. The molecule has 36 heavy (non-hydrogen) atoms. The summed E-state index contributed by atoms with van der Waals surface area (Å²) in [5, 5.41) is 14.4. The van der Waals surface area contributed by atoms with Crippen LogP contribution in [-0.4, -0.2) is 81.7 Å². The van der Waals surface area contributed by atoms with Gasteiger partial charge < -0.3 is 29.9 Å². The molecular formula is C26H32N6O4. The van der Waals surface area contributed by atoms with Crippen molar-refractivity contribution in [1.82, 2.24) is 30.1 Å². The predicted molar refractivity (Wildman–Crippen MR) is 134 cm³/mol. The number of rotatable bonds is 5. The molecule has 1 atom stereocenters. The van der Waals surface area contributed by atoms with E-state index in [2.05, 4.69) is 20.3 Å². The van der Waals surface area contributed by atoms with Gasteiger partial charge in [-0.3, -0.25) is 9.78 Å². The fraction of sp³-hybridized carbons (Fsp3) is 0.462. The number of nitrogens with one attached hydrogen (secondary N) is 2. The molecule has 0 bridgehead atoms. The zero-order valence-electron chi connectivity index (χ0n) is 20.7. The summed E-state index contributed by atoms with van der Waals surface area (Å²) in [5.41, 5.74) is 2.86. The SMILES string of the molecule is CCCNC(=O)N1CC2(CCN(C(=O)c3cnccn3)CC2)c2c([nH]c3cc(OC)ccc23)[C@@H]1CO. The van der Waals surface area contributed by atoms with Gasteiger partial charge in [0, 0.05) is 66.7 Å². The highest BCUT2D eigenvalue weighted by Crippen LogP contribution is 2.49. The average Bonchev–Trinajstić information content (AvgIpc) is 3.31. The van der Waals surface area contributed by atoms with Gasteiger partial charge in [-0.1, -0.05) is 6.92 Å². The molecule has 0 aliphatic carbocycles. The molecule has 10 heteroatoms. The lowest BCUT2D eigenvalue weighted by Crippen LogP contribution is -2.57. The summed E-state index contributed by atoms with van der Waals surface area (Å²) in [5.74, 6) is 0.598. The van der Waals surface area contributed by atoms with Crippen molar-refractivity contribution < 1.29 is 19.4 Å². The van der Waals surface area contributed by atoms with Crippen LogP contribution in [0.1, 0.15) is 54.0 Å². The number of benzene rings is 1. The molecule has 4 heterocycles. The van der Waals surface area contributed by atoms with Crippen LogP contribution in [-0.2, 0) is 5.41 Å². The maximum atomic E-state index is 13.2.